The fourth-order valence-corrected chi connectivity index (χ4v) is 4.59. The molecule has 0 unspecified atom stereocenters. The summed E-state index contributed by atoms with van der Waals surface area (Å²) in [5, 5.41) is 13.0. The number of hydrogen-bond donors (Lipinski definition) is 1. The first-order valence-corrected chi connectivity index (χ1v) is 11.6. The van der Waals surface area contributed by atoms with E-state index >= 15 is 0 Å². The molecule has 0 saturated heterocycles. The summed E-state index contributed by atoms with van der Waals surface area (Å²) in [6, 6.07) is 21.7. The number of halogens is 1. The average molecular weight is 463 g/mol. The topological polar surface area (TPSA) is 59.8 Å². The lowest BCUT2D eigenvalue weighted by Gasteiger charge is -2.12. The highest BCUT2D eigenvalue weighted by Gasteiger charge is 2.19. The van der Waals surface area contributed by atoms with Crippen molar-refractivity contribution < 1.29 is 4.79 Å². The number of anilines is 1. The van der Waals surface area contributed by atoms with Crippen molar-refractivity contribution in [3.63, 3.8) is 0 Å². The number of aromatic nitrogens is 3. The Morgan fingerprint density at radius 3 is 2.34 bits per heavy atom. The smallest absolute Gasteiger partial charge is 0.234 e. The van der Waals surface area contributed by atoms with Crippen LogP contribution in [0.4, 0.5) is 5.69 Å². The maximum Gasteiger partial charge on any atom is 0.234 e. The summed E-state index contributed by atoms with van der Waals surface area (Å²) < 4.78 is 1.94. The number of amides is 1. The Morgan fingerprint density at radius 2 is 1.66 bits per heavy atom. The molecule has 4 rings (SSSR count). The van der Waals surface area contributed by atoms with Gasteiger partial charge in [0.15, 0.2) is 11.0 Å². The minimum Gasteiger partial charge on any atom is -0.325 e. The lowest BCUT2D eigenvalue weighted by atomic mass is 10.1. The van der Waals surface area contributed by atoms with E-state index < -0.39 is 0 Å². The predicted octanol–water partition coefficient (Wildman–Crippen LogP) is 6.24. The van der Waals surface area contributed by atoms with Crippen LogP contribution in [0, 0.1) is 20.8 Å². The van der Waals surface area contributed by atoms with Gasteiger partial charge >= 0.3 is 0 Å². The number of nitrogens with zero attached hydrogens (tertiary/aromatic N) is 3. The van der Waals surface area contributed by atoms with E-state index in [-0.39, 0.29) is 11.7 Å². The molecule has 0 aliphatic rings. The van der Waals surface area contributed by atoms with Crippen LogP contribution >= 0.6 is 23.4 Å². The van der Waals surface area contributed by atoms with E-state index in [1.807, 2.05) is 86.0 Å². The largest absolute Gasteiger partial charge is 0.325 e. The second-order valence-electron chi connectivity index (χ2n) is 7.67. The molecule has 0 radical (unpaired) electrons. The molecule has 0 bridgehead atoms. The van der Waals surface area contributed by atoms with Crippen molar-refractivity contribution in [2.75, 3.05) is 11.1 Å². The van der Waals surface area contributed by atoms with E-state index in [0.29, 0.717) is 16.0 Å². The lowest BCUT2D eigenvalue weighted by Crippen LogP contribution is -2.14. The van der Waals surface area contributed by atoms with Gasteiger partial charge in [-0.3, -0.25) is 9.36 Å². The molecule has 0 aliphatic carbocycles. The number of carbonyl (C=O) groups is 1. The van der Waals surface area contributed by atoms with Gasteiger partial charge in [0.25, 0.3) is 0 Å². The summed E-state index contributed by atoms with van der Waals surface area (Å²) in [6.07, 6.45) is 0. The number of nitrogens with one attached hydrogen (secondary N) is 1. The lowest BCUT2D eigenvalue weighted by molar-refractivity contribution is -0.113. The molecule has 1 amide bonds. The van der Waals surface area contributed by atoms with Crippen LogP contribution in [-0.2, 0) is 4.79 Å². The number of para-hydroxylation sites is 1. The van der Waals surface area contributed by atoms with E-state index in [0.717, 1.165) is 33.6 Å². The van der Waals surface area contributed by atoms with Crippen LogP contribution in [0.1, 0.15) is 16.7 Å². The van der Waals surface area contributed by atoms with Gasteiger partial charge < -0.3 is 5.32 Å². The average Bonchev–Trinajstić information content (AvgIpc) is 3.16. The number of aryl methyl sites for hydroxylation is 3. The monoisotopic (exact) mass is 462 g/mol. The first kappa shape index (κ1) is 22.1. The van der Waals surface area contributed by atoms with Gasteiger partial charge in [-0.1, -0.05) is 53.7 Å². The summed E-state index contributed by atoms with van der Waals surface area (Å²) in [6.45, 7) is 6.02. The van der Waals surface area contributed by atoms with E-state index in [2.05, 4.69) is 21.6 Å². The van der Waals surface area contributed by atoms with Gasteiger partial charge in [0.05, 0.1) is 10.8 Å². The molecule has 0 fully saturated rings. The van der Waals surface area contributed by atoms with Crippen LogP contribution in [0.15, 0.2) is 71.9 Å². The highest BCUT2D eigenvalue weighted by Crippen LogP contribution is 2.32. The molecule has 1 aromatic heterocycles. The van der Waals surface area contributed by atoms with Gasteiger partial charge in [-0.05, 0) is 73.9 Å². The Hall–Kier alpha value is -3.09. The van der Waals surface area contributed by atoms with Gasteiger partial charge in [-0.2, -0.15) is 0 Å². The molecule has 5 nitrogen and oxygen atoms in total. The normalized spacial score (nSPS) is 10.9. The van der Waals surface area contributed by atoms with Crippen molar-refractivity contribution in [3.8, 4) is 17.1 Å². The molecule has 3 aromatic carbocycles. The molecular formula is C25H23ClN4OS. The highest BCUT2D eigenvalue weighted by atomic mass is 35.5. The summed E-state index contributed by atoms with van der Waals surface area (Å²) in [7, 11) is 0. The van der Waals surface area contributed by atoms with Crippen molar-refractivity contribution >= 4 is 35.0 Å². The molecule has 0 saturated carbocycles. The number of carbonyl (C=O) groups excluding carboxylic acids is 1. The Morgan fingerprint density at radius 1 is 0.938 bits per heavy atom. The first-order chi connectivity index (χ1) is 15.4. The fraction of sp³-hybridized carbons (Fsp3) is 0.160. The zero-order chi connectivity index (χ0) is 22.7. The minimum absolute atomic E-state index is 0.0995. The van der Waals surface area contributed by atoms with Crippen molar-refractivity contribution in [3.05, 3.63) is 88.4 Å². The SMILES string of the molecule is Cc1cc(C)cc(NC(=O)CSc2nnc(-c3ccc(C)cc3Cl)n2-c2ccccc2)c1. The molecule has 0 atom stereocenters. The molecule has 0 spiro atoms. The molecule has 1 N–H and O–H groups in total. The highest BCUT2D eigenvalue weighted by molar-refractivity contribution is 7.99. The summed E-state index contributed by atoms with van der Waals surface area (Å²) >= 11 is 7.86. The van der Waals surface area contributed by atoms with E-state index in [1.54, 1.807) is 0 Å². The molecule has 7 heteroatoms. The van der Waals surface area contributed by atoms with E-state index in [1.165, 1.54) is 11.8 Å². The van der Waals surface area contributed by atoms with Crippen LogP contribution in [0.3, 0.4) is 0 Å². The van der Waals surface area contributed by atoms with Crippen molar-refractivity contribution in [2.24, 2.45) is 0 Å². The third-order valence-electron chi connectivity index (χ3n) is 4.85. The van der Waals surface area contributed by atoms with E-state index in [9.17, 15) is 4.79 Å². The third kappa shape index (κ3) is 5.03. The Bertz CT molecular complexity index is 1250. The summed E-state index contributed by atoms with van der Waals surface area (Å²) in [4.78, 5) is 12.6. The summed E-state index contributed by atoms with van der Waals surface area (Å²) in [5.74, 6) is 0.746. The number of hydrogen-bond acceptors (Lipinski definition) is 4. The third-order valence-corrected chi connectivity index (χ3v) is 6.09. The van der Waals surface area contributed by atoms with Crippen LogP contribution in [0.5, 0.6) is 0 Å². The second kappa shape index (κ2) is 9.59. The predicted molar refractivity (Wildman–Crippen MR) is 132 cm³/mol. The zero-order valence-corrected chi connectivity index (χ0v) is 19.7. The minimum atomic E-state index is -0.0995. The Labute approximate surface area is 196 Å². The Balaban J connectivity index is 1.61. The van der Waals surface area contributed by atoms with E-state index in [4.69, 9.17) is 11.6 Å². The van der Waals surface area contributed by atoms with Crippen molar-refractivity contribution in [2.45, 2.75) is 25.9 Å². The molecule has 4 aromatic rings. The Kier molecular flexibility index (Phi) is 6.63. The fourth-order valence-electron chi connectivity index (χ4n) is 3.52. The van der Waals surface area contributed by atoms with Crippen LogP contribution in [-0.4, -0.2) is 26.4 Å². The standard InChI is InChI=1S/C25H23ClN4OS/c1-16-9-10-21(22(26)14-16)24-28-29-25(30(24)20-7-5-4-6-8-20)32-15-23(31)27-19-12-17(2)11-18(3)13-19/h4-14H,15H2,1-3H3,(H,27,31). The van der Waals surface area contributed by atoms with Crippen LogP contribution in [0.2, 0.25) is 5.02 Å². The number of thioether (sulfide) groups is 1. The molecule has 1 heterocycles. The molecule has 162 valence electrons. The maximum atomic E-state index is 12.6. The maximum absolute atomic E-state index is 12.6. The van der Waals surface area contributed by atoms with Crippen molar-refractivity contribution in [1.82, 2.24) is 14.8 Å². The van der Waals surface area contributed by atoms with Gasteiger partial charge in [0.1, 0.15) is 0 Å². The summed E-state index contributed by atoms with van der Waals surface area (Å²) in [5.41, 5.74) is 5.78. The zero-order valence-electron chi connectivity index (χ0n) is 18.1. The quantitative estimate of drug-likeness (QED) is 0.344. The second-order valence-corrected chi connectivity index (χ2v) is 9.02. The van der Waals surface area contributed by atoms with Gasteiger partial charge in [-0.15, -0.1) is 10.2 Å². The van der Waals surface area contributed by atoms with Crippen molar-refractivity contribution in [1.29, 1.82) is 0 Å². The number of rotatable bonds is 6. The number of benzene rings is 3. The van der Waals surface area contributed by atoms with Gasteiger partial charge in [0, 0.05) is 16.9 Å². The van der Waals surface area contributed by atoms with Gasteiger partial charge in [-0.25, -0.2) is 0 Å². The van der Waals surface area contributed by atoms with Gasteiger partial charge in [0.2, 0.25) is 5.91 Å². The van der Waals surface area contributed by atoms with Crippen LogP contribution in [0.25, 0.3) is 17.1 Å². The molecule has 32 heavy (non-hydrogen) atoms. The molecule has 0 aliphatic heterocycles. The van der Waals surface area contributed by atoms with Crippen LogP contribution < -0.4 is 5.32 Å². The first-order valence-electron chi connectivity index (χ1n) is 10.2. The molecular weight excluding hydrogens is 440 g/mol.